The van der Waals surface area contributed by atoms with Crippen LogP contribution < -0.4 is 0 Å². The Labute approximate surface area is 102 Å². The van der Waals surface area contributed by atoms with Crippen LogP contribution in [0.15, 0.2) is 66.8 Å². The fourth-order valence-electron chi connectivity index (χ4n) is 1.26. The number of esters is 1. The fourth-order valence-corrected chi connectivity index (χ4v) is 1.26. The summed E-state index contributed by atoms with van der Waals surface area (Å²) in [6.07, 6.45) is 6.72. The maximum atomic E-state index is 11.7. The Balaban J connectivity index is 2.54. The van der Waals surface area contributed by atoms with Gasteiger partial charge in [-0.1, -0.05) is 55.1 Å². The number of carbonyl (C=O) groups is 1. The first-order valence-electron chi connectivity index (χ1n) is 5.44. The van der Waals surface area contributed by atoms with Crippen LogP contribution in [0.25, 0.3) is 0 Å². The zero-order chi connectivity index (χ0) is 12.5. The van der Waals surface area contributed by atoms with Crippen molar-refractivity contribution in [3.05, 3.63) is 72.4 Å². The molecule has 0 saturated carbocycles. The Morgan fingerprint density at radius 2 is 2.06 bits per heavy atom. The lowest BCUT2D eigenvalue weighted by Gasteiger charge is -2.04. The first-order valence-corrected chi connectivity index (χ1v) is 5.44. The number of allylic oxidation sites excluding steroid dienone is 3. The minimum absolute atomic E-state index is 0.291. The van der Waals surface area contributed by atoms with Crippen LogP contribution in [0.5, 0.6) is 0 Å². The summed E-state index contributed by atoms with van der Waals surface area (Å²) in [5.74, 6) is -0.325. The normalized spacial score (nSPS) is 11.5. The molecule has 0 heterocycles. The second kappa shape index (κ2) is 7.23. The van der Waals surface area contributed by atoms with E-state index in [-0.39, 0.29) is 5.97 Å². The molecule has 2 heteroatoms. The highest BCUT2D eigenvalue weighted by molar-refractivity contribution is 5.91. The van der Waals surface area contributed by atoms with Gasteiger partial charge in [0, 0.05) is 0 Å². The SMILES string of the molecule is C=C/C=C\C(=C/C)C(=O)OCc1ccccc1. The molecule has 1 rings (SSSR count). The summed E-state index contributed by atoms with van der Waals surface area (Å²) >= 11 is 0. The fraction of sp³-hybridized carbons (Fsp3) is 0.133. The molecular weight excluding hydrogens is 212 g/mol. The Morgan fingerprint density at radius 3 is 2.65 bits per heavy atom. The molecule has 0 amide bonds. The van der Waals surface area contributed by atoms with Crippen LogP contribution in [-0.2, 0) is 16.1 Å². The highest BCUT2D eigenvalue weighted by atomic mass is 16.5. The van der Waals surface area contributed by atoms with Crippen molar-refractivity contribution in [1.82, 2.24) is 0 Å². The molecule has 0 atom stereocenters. The molecule has 0 aliphatic heterocycles. The highest BCUT2D eigenvalue weighted by Crippen LogP contribution is 2.05. The summed E-state index contributed by atoms with van der Waals surface area (Å²) in [4.78, 5) is 11.7. The van der Waals surface area contributed by atoms with Crippen LogP contribution in [0, 0.1) is 0 Å². The van der Waals surface area contributed by atoms with Gasteiger partial charge >= 0.3 is 5.97 Å². The highest BCUT2D eigenvalue weighted by Gasteiger charge is 2.06. The molecule has 2 nitrogen and oxygen atoms in total. The predicted molar refractivity (Wildman–Crippen MR) is 69.3 cm³/mol. The van der Waals surface area contributed by atoms with Gasteiger partial charge in [-0.2, -0.15) is 0 Å². The van der Waals surface area contributed by atoms with E-state index in [1.54, 1.807) is 31.2 Å². The topological polar surface area (TPSA) is 26.3 Å². The lowest BCUT2D eigenvalue weighted by Crippen LogP contribution is -2.06. The van der Waals surface area contributed by atoms with Gasteiger partial charge in [-0.25, -0.2) is 4.79 Å². The summed E-state index contributed by atoms with van der Waals surface area (Å²) in [5.41, 5.74) is 1.50. The molecule has 0 saturated heterocycles. The zero-order valence-electron chi connectivity index (χ0n) is 9.93. The molecule has 88 valence electrons. The van der Waals surface area contributed by atoms with Crippen LogP contribution in [-0.4, -0.2) is 5.97 Å². The van der Waals surface area contributed by atoms with Crippen molar-refractivity contribution in [1.29, 1.82) is 0 Å². The molecule has 0 radical (unpaired) electrons. The summed E-state index contributed by atoms with van der Waals surface area (Å²) in [5, 5.41) is 0. The molecule has 0 unspecified atom stereocenters. The maximum Gasteiger partial charge on any atom is 0.338 e. The summed E-state index contributed by atoms with van der Waals surface area (Å²) < 4.78 is 5.19. The van der Waals surface area contributed by atoms with Crippen LogP contribution >= 0.6 is 0 Å². The van der Waals surface area contributed by atoms with E-state index < -0.39 is 0 Å². The largest absolute Gasteiger partial charge is 0.457 e. The van der Waals surface area contributed by atoms with E-state index in [2.05, 4.69) is 6.58 Å². The lowest BCUT2D eigenvalue weighted by atomic mass is 10.2. The second-order valence-corrected chi connectivity index (χ2v) is 3.40. The van der Waals surface area contributed by atoms with E-state index in [0.29, 0.717) is 12.2 Å². The van der Waals surface area contributed by atoms with Crippen molar-refractivity contribution in [2.45, 2.75) is 13.5 Å². The summed E-state index contributed by atoms with van der Waals surface area (Å²) in [7, 11) is 0. The molecule has 1 aromatic carbocycles. The van der Waals surface area contributed by atoms with Gasteiger partial charge in [-0.3, -0.25) is 0 Å². The number of rotatable bonds is 5. The average Bonchev–Trinajstić information content (AvgIpc) is 2.38. The van der Waals surface area contributed by atoms with Crippen LogP contribution in [0.4, 0.5) is 0 Å². The van der Waals surface area contributed by atoms with Gasteiger partial charge < -0.3 is 4.74 Å². The third-order valence-electron chi connectivity index (χ3n) is 2.17. The molecule has 1 aromatic rings. The molecule has 0 fully saturated rings. The number of hydrogen-bond donors (Lipinski definition) is 0. The number of benzene rings is 1. The molecule has 0 N–H and O–H groups in total. The quantitative estimate of drug-likeness (QED) is 0.438. The van der Waals surface area contributed by atoms with E-state index in [0.717, 1.165) is 5.56 Å². The monoisotopic (exact) mass is 228 g/mol. The maximum absolute atomic E-state index is 11.7. The first-order chi connectivity index (χ1) is 8.27. The molecule has 0 aliphatic carbocycles. The molecular formula is C15H16O2. The average molecular weight is 228 g/mol. The Morgan fingerprint density at radius 1 is 1.35 bits per heavy atom. The smallest absolute Gasteiger partial charge is 0.338 e. The Bertz CT molecular complexity index is 427. The van der Waals surface area contributed by atoms with Gasteiger partial charge in [0.1, 0.15) is 6.61 Å². The Kier molecular flexibility index (Phi) is 5.52. The minimum atomic E-state index is -0.325. The summed E-state index contributed by atoms with van der Waals surface area (Å²) in [6.45, 7) is 5.64. The first kappa shape index (κ1) is 13.0. The molecule has 0 aliphatic rings. The predicted octanol–water partition coefficient (Wildman–Crippen LogP) is 3.42. The molecule has 0 spiro atoms. The third kappa shape index (κ3) is 4.51. The van der Waals surface area contributed by atoms with Crippen LogP contribution in [0.3, 0.4) is 0 Å². The molecule has 17 heavy (non-hydrogen) atoms. The number of ether oxygens (including phenoxy) is 1. The van der Waals surface area contributed by atoms with E-state index >= 15 is 0 Å². The lowest BCUT2D eigenvalue weighted by molar-refractivity contribution is -0.139. The van der Waals surface area contributed by atoms with Crippen molar-refractivity contribution in [3.63, 3.8) is 0 Å². The molecule has 0 aromatic heterocycles. The van der Waals surface area contributed by atoms with Gasteiger partial charge in [-0.15, -0.1) is 0 Å². The van der Waals surface area contributed by atoms with Crippen molar-refractivity contribution in [2.24, 2.45) is 0 Å². The number of carbonyl (C=O) groups excluding carboxylic acids is 1. The van der Waals surface area contributed by atoms with Crippen molar-refractivity contribution in [2.75, 3.05) is 0 Å². The second-order valence-electron chi connectivity index (χ2n) is 3.40. The van der Waals surface area contributed by atoms with Crippen LogP contribution in [0.2, 0.25) is 0 Å². The van der Waals surface area contributed by atoms with E-state index in [4.69, 9.17) is 4.74 Å². The van der Waals surface area contributed by atoms with Crippen molar-refractivity contribution < 1.29 is 9.53 Å². The van der Waals surface area contributed by atoms with Gasteiger partial charge in [0.05, 0.1) is 5.57 Å². The van der Waals surface area contributed by atoms with Gasteiger partial charge in [0.2, 0.25) is 0 Å². The zero-order valence-corrected chi connectivity index (χ0v) is 9.93. The Hall–Kier alpha value is -2.09. The van der Waals surface area contributed by atoms with Gasteiger partial charge in [0.25, 0.3) is 0 Å². The van der Waals surface area contributed by atoms with E-state index in [1.165, 1.54) is 0 Å². The number of hydrogen-bond acceptors (Lipinski definition) is 2. The minimum Gasteiger partial charge on any atom is -0.457 e. The van der Waals surface area contributed by atoms with Crippen molar-refractivity contribution in [3.8, 4) is 0 Å². The van der Waals surface area contributed by atoms with Crippen LogP contribution in [0.1, 0.15) is 12.5 Å². The van der Waals surface area contributed by atoms with Crippen molar-refractivity contribution >= 4 is 5.97 Å². The van der Waals surface area contributed by atoms with Gasteiger partial charge in [0.15, 0.2) is 0 Å². The van der Waals surface area contributed by atoms with E-state index in [1.807, 2.05) is 30.3 Å². The van der Waals surface area contributed by atoms with Gasteiger partial charge in [-0.05, 0) is 18.6 Å². The summed E-state index contributed by atoms with van der Waals surface area (Å²) in [6, 6.07) is 9.59. The third-order valence-corrected chi connectivity index (χ3v) is 2.17. The standard InChI is InChI=1S/C15H16O2/c1-3-5-11-14(4-2)15(16)17-12-13-9-7-6-8-10-13/h3-11H,1,12H2,2H3/b11-5-,14-4+. The van der Waals surface area contributed by atoms with E-state index in [9.17, 15) is 4.79 Å². The molecule has 0 bridgehead atoms.